The lowest BCUT2D eigenvalue weighted by molar-refractivity contribution is 0.0526. The zero-order valence-electron chi connectivity index (χ0n) is 21.6. The third-order valence-electron chi connectivity index (χ3n) is 6.34. The number of esters is 1. The molecular weight excluding hydrogens is 488 g/mol. The maximum atomic E-state index is 12.0. The summed E-state index contributed by atoms with van der Waals surface area (Å²) in [7, 11) is 3.27. The molecule has 8 heteroatoms. The average Bonchev–Trinajstić information content (AvgIpc) is 2.92. The van der Waals surface area contributed by atoms with Crippen molar-refractivity contribution in [1.82, 2.24) is 4.90 Å². The third-order valence-corrected chi connectivity index (χ3v) is 6.68. The van der Waals surface area contributed by atoms with Crippen molar-refractivity contribution in [3.8, 4) is 17.2 Å². The van der Waals surface area contributed by atoms with E-state index in [4.69, 9.17) is 31.2 Å². The van der Waals surface area contributed by atoms with E-state index in [1.165, 1.54) is 11.1 Å². The molecule has 1 heterocycles. The molecule has 1 aliphatic heterocycles. The molecule has 3 aromatic rings. The van der Waals surface area contributed by atoms with Crippen molar-refractivity contribution in [3.05, 3.63) is 82.9 Å². The van der Waals surface area contributed by atoms with Crippen LogP contribution in [0.25, 0.3) is 0 Å². The Bertz CT molecular complexity index is 1240. The van der Waals surface area contributed by atoms with Gasteiger partial charge in [-0.05, 0) is 92.1 Å². The number of nitrogens with zero attached hydrogens (tertiary/aromatic N) is 1. The Morgan fingerprint density at radius 3 is 2.35 bits per heavy atom. The Balaban J connectivity index is 1.59. The van der Waals surface area contributed by atoms with Crippen molar-refractivity contribution in [3.63, 3.8) is 0 Å². The van der Waals surface area contributed by atoms with Crippen molar-refractivity contribution in [2.24, 2.45) is 0 Å². The summed E-state index contributed by atoms with van der Waals surface area (Å²) in [5.74, 6) is 1.65. The van der Waals surface area contributed by atoms with Crippen molar-refractivity contribution in [2.45, 2.75) is 26.3 Å². The quantitative estimate of drug-likeness (QED) is 0.306. The number of benzene rings is 3. The van der Waals surface area contributed by atoms with Crippen LogP contribution in [-0.2, 0) is 11.2 Å². The van der Waals surface area contributed by atoms with E-state index in [1.54, 1.807) is 45.4 Å². The summed E-state index contributed by atoms with van der Waals surface area (Å²) in [6.07, 6.45) is 0.802. The number of hydrogen-bond acceptors (Lipinski definition) is 6. The number of rotatable bonds is 8. The van der Waals surface area contributed by atoms with Crippen molar-refractivity contribution in [2.75, 3.05) is 39.3 Å². The Morgan fingerprint density at radius 1 is 1.03 bits per heavy atom. The smallest absolute Gasteiger partial charge is 0.338 e. The van der Waals surface area contributed by atoms with Gasteiger partial charge in [0, 0.05) is 12.2 Å². The molecule has 0 spiro atoms. The van der Waals surface area contributed by atoms with Crippen LogP contribution in [0.5, 0.6) is 17.2 Å². The summed E-state index contributed by atoms with van der Waals surface area (Å²) in [4.78, 5) is 14.1. The lowest BCUT2D eigenvalue weighted by Gasteiger charge is -2.39. The minimum Gasteiger partial charge on any atom is -0.493 e. The highest BCUT2D eigenvalue weighted by atomic mass is 32.1. The van der Waals surface area contributed by atoms with Gasteiger partial charge in [-0.3, -0.25) is 0 Å². The van der Waals surface area contributed by atoms with Gasteiger partial charge in [-0.15, -0.1) is 0 Å². The molecule has 0 saturated heterocycles. The van der Waals surface area contributed by atoms with E-state index < -0.39 is 0 Å². The van der Waals surface area contributed by atoms with E-state index in [0.717, 1.165) is 24.2 Å². The molecule has 1 atom stereocenters. The summed E-state index contributed by atoms with van der Waals surface area (Å²) in [6, 6.07) is 19.0. The molecule has 194 valence electrons. The Kier molecular flexibility index (Phi) is 8.50. The van der Waals surface area contributed by atoms with Crippen LogP contribution in [0.4, 0.5) is 5.69 Å². The van der Waals surface area contributed by atoms with Gasteiger partial charge in [0.1, 0.15) is 12.4 Å². The number of aryl methyl sites for hydroxylation is 1. The van der Waals surface area contributed by atoms with Gasteiger partial charge in [0.05, 0.1) is 32.4 Å². The monoisotopic (exact) mass is 520 g/mol. The summed E-state index contributed by atoms with van der Waals surface area (Å²) < 4.78 is 22.4. The second kappa shape index (κ2) is 12.0. The van der Waals surface area contributed by atoms with E-state index in [0.29, 0.717) is 41.1 Å². The van der Waals surface area contributed by atoms with Crippen molar-refractivity contribution < 1.29 is 23.7 Å². The molecule has 0 aromatic heterocycles. The number of nitrogens with one attached hydrogen (secondary N) is 1. The van der Waals surface area contributed by atoms with Gasteiger partial charge in [-0.1, -0.05) is 17.7 Å². The van der Waals surface area contributed by atoms with E-state index in [-0.39, 0.29) is 12.0 Å². The standard InChI is InChI=1S/C29H32N2O5S/c1-5-35-28(32)20-8-12-23(13-9-20)36-18-25-24-17-27(34-4)26(33-3)16-21(24)14-15-31(25)29(37)30-22-10-6-19(2)7-11-22/h6-13,16-17,25H,5,14-15,18H2,1-4H3,(H,30,37). The summed E-state index contributed by atoms with van der Waals surface area (Å²) in [5, 5.41) is 4.00. The van der Waals surface area contributed by atoms with Crippen LogP contribution in [0.15, 0.2) is 60.7 Å². The zero-order chi connectivity index (χ0) is 26.4. The Hall–Kier alpha value is -3.78. The molecule has 1 aliphatic rings. The highest BCUT2D eigenvalue weighted by molar-refractivity contribution is 7.80. The Morgan fingerprint density at radius 2 is 1.70 bits per heavy atom. The van der Waals surface area contributed by atoms with Gasteiger partial charge in [0.25, 0.3) is 0 Å². The number of fused-ring (bicyclic) bond motifs is 1. The summed E-state index contributed by atoms with van der Waals surface area (Å²) in [5.41, 5.74) is 4.84. The first-order chi connectivity index (χ1) is 17.9. The van der Waals surface area contributed by atoms with Gasteiger partial charge < -0.3 is 29.2 Å². The normalized spacial score (nSPS) is 14.4. The second-order valence-electron chi connectivity index (χ2n) is 8.72. The minimum atomic E-state index is -0.352. The maximum absolute atomic E-state index is 12.0. The van der Waals surface area contributed by atoms with Crippen LogP contribution in [0.3, 0.4) is 0 Å². The van der Waals surface area contributed by atoms with Gasteiger partial charge >= 0.3 is 5.97 Å². The lowest BCUT2D eigenvalue weighted by atomic mass is 9.92. The van der Waals surface area contributed by atoms with E-state index >= 15 is 0 Å². The molecule has 3 aromatic carbocycles. The molecule has 0 aliphatic carbocycles. The zero-order valence-corrected chi connectivity index (χ0v) is 22.4. The number of anilines is 1. The van der Waals surface area contributed by atoms with Crippen LogP contribution >= 0.6 is 12.2 Å². The first kappa shape index (κ1) is 26.3. The molecule has 0 bridgehead atoms. The predicted molar refractivity (Wildman–Crippen MR) is 148 cm³/mol. The second-order valence-corrected chi connectivity index (χ2v) is 9.10. The molecule has 37 heavy (non-hydrogen) atoms. The number of ether oxygens (including phenoxy) is 4. The molecule has 0 saturated carbocycles. The number of thiocarbonyl (C=S) groups is 1. The number of carbonyl (C=O) groups is 1. The van der Waals surface area contributed by atoms with Gasteiger partial charge in [-0.2, -0.15) is 0 Å². The van der Waals surface area contributed by atoms with Crippen LogP contribution in [-0.4, -0.2) is 50.0 Å². The first-order valence-electron chi connectivity index (χ1n) is 12.2. The molecule has 0 radical (unpaired) electrons. The fraction of sp³-hybridized carbons (Fsp3) is 0.310. The van der Waals surface area contributed by atoms with E-state index in [9.17, 15) is 4.79 Å². The number of carbonyl (C=O) groups excluding carboxylic acids is 1. The molecule has 4 rings (SSSR count). The SMILES string of the molecule is CCOC(=O)c1ccc(OCC2c3cc(OC)c(OC)cc3CCN2C(=S)Nc2ccc(C)cc2)cc1. The minimum absolute atomic E-state index is 0.168. The Labute approximate surface area is 223 Å². The third kappa shape index (κ3) is 6.14. The summed E-state index contributed by atoms with van der Waals surface area (Å²) in [6.45, 7) is 5.23. The largest absolute Gasteiger partial charge is 0.493 e. The summed E-state index contributed by atoms with van der Waals surface area (Å²) >= 11 is 5.86. The maximum Gasteiger partial charge on any atom is 0.338 e. The first-order valence-corrected chi connectivity index (χ1v) is 12.6. The molecular formula is C29H32N2O5S. The van der Waals surface area contributed by atoms with Crippen molar-refractivity contribution >= 4 is 29.0 Å². The van der Waals surface area contributed by atoms with Crippen LogP contribution in [0.1, 0.15) is 40.0 Å². The van der Waals surface area contributed by atoms with Crippen LogP contribution in [0.2, 0.25) is 0 Å². The highest BCUT2D eigenvalue weighted by Gasteiger charge is 2.31. The fourth-order valence-electron chi connectivity index (χ4n) is 4.36. The van der Waals surface area contributed by atoms with E-state index in [2.05, 4.69) is 17.1 Å². The molecule has 0 amide bonds. The van der Waals surface area contributed by atoms with Gasteiger partial charge in [0.15, 0.2) is 16.6 Å². The number of hydrogen-bond donors (Lipinski definition) is 1. The highest BCUT2D eigenvalue weighted by Crippen LogP contribution is 2.38. The predicted octanol–water partition coefficient (Wildman–Crippen LogP) is 5.56. The number of methoxy groups -OCH3 is 2. The van der Waals surface area contributed by atoms with Gasteiger partial charge in [0.2, 0.25) is 0 Å². The lowest BCUT2D eigenvalue weighted by Crippen LogP contribution is -2.44. The average molecular weight is 521 g/mol. The van der Waals surface area contributed by atoms with E-state index in [1.807, 2.05) is 36.4 Å². The van der Waals surface area contributed by atoms with Crippen LogP contribution in [0, 0.1) is 6.92 Å². The molecule has 0 fully saturated rings. The van der Waals surface area contributed by atoms with Gasteiger partial charge in [-0.25, -0.2) is 4.79 Å². The molecule has 7 nitrogen and oxygen atoms in total. The topological polar surface area (TPSA) is 69.3 Å². The van der Waals surface area contributed by atoms with Crippen LogP contribution < -0.4 is 19.5 Å². The van der Waals surface area contributed by atoms with Crippen molar-refractivity contribution in [1.29, 1.82) is 0 Å². The fourth-order valence-corrected chi connectivity index (χ4v) is 4.70. The molecule has 1 unspecified atom stereocenters. The molecule has 1 N–H and O–H groups in total.